The number of amides is 10. The van der Waals surface area contributed by atoms with E-state index in [-0.39, 0.29) is 44.4 Å². The Morgan fingerprint density at radius 3 is 1.54 bits per heavy atom. The molecule has 0 aliphatic rings. The van der Waals surface area contributed by atoms with Gasteiger partial charge in [0, 0.05) is 12.8 Å². The van der Waals surface area contributed by atoms with Crippen molar-refractivity contribution < 1.29 is 93.0 Å². The van der Waals surface area contributed by atoms with Crippen LogP contribution in [-0.2, 0) is 68.7 Å². The second-order valence-electron chi connectivity index (χ2n) is 19.3. The highest BCUT2D eigenvalue weighted by Gasteiger charge is 2.38. The van der Waals surface area contributed by atoms with Crippen molar-refractivity contribution in [3.05, 3.63) is 29.8 Å². The van der Waals surface area contributed by atoms with Crippen LogP contribution >= 0.6 is 0 Å². The van der Waals surface area contributed by atoms with Gasteiger partial charge >= 0.3 is 17.9 Å². The summed E-state index contributed by atoms with van der Waals surface area (Å²) in [6.07, 6.45) is -3.86. The Hall–Kier alpha value is -8.03. The minimum atomic E-state index is -1.95. The van der Waals surface area contributed by atoms with Crippen molar-refractivity contribution in [1.82, 2.24) is 47.9 Å². The molecule has 1 aromatic carbocycles. The van der Waals surface area contributed by atoms with E-state index in [1.54, 1.807) is 6.92 Å². The third-order valence-electron chi connectivity index (χ3n) is 12.3. The van der Waals surface area contributed by atoms with Crippen molar-refractivity contribution in [2.75, 3.05) is 13.2 Å². The number of unbranched alkanes of at least 4 members (excludes halogenated alkanes) is 1. The maximum absolute atomic E-state index is 14.0. The van der Waals surface area contributed by atoms with Gasteiger partial charge in [-0.25, -0.2) is 4.79 Å². The van der Waals surface area contributed by atoms with Crippen LogP contribution in [0.15, 0.2) is 24.3 Å². The van der Waals surface area contributed by atoms with E-state index in [1.165, 1.54) is 52.0 Å². The second kappa shape index (κ2) is 34.8. The number of nitrogens with one attached hydrogen (secondary N) is 9. The zero-order chi connectivity index (χ0) is 61.1. The van der Waals surface area contributed by atoms with Crippen molar-refractivity contribution in [3.8, 4) is 5.75 Å². The average molecular weight is 1140 g/mol. The molecule has 0 aliphatic carbocycles. The molecule has 10 amide bonds. The summed E-state index contributed by atoms with van der Waals surface area (Å²) < 4.78 is 0. The topological polar surface area (TPSA) is 530 Å². The van der Waals surface area contributed by atoms with Crippen molar-refractivity contribution in [3.63, 3.8) is 0 Å². The molecule has 0 heterocycles. The molecule has 0 fully saturated rings. The molecule has 1 aromatic rings. The molecule has 31 heteroatoms. The smallest absolute Gasteiger partial charge is 0.326 e. The normalized spacial score (nSPS) is 15.6. The molecule has 1 rings (SSSR count). The molecule has 0 saturated heterocycles. The van der Waals surface area contributed by atoms with Crippen LogP contribution in [0.25, 0.3) is 0 Å². The zero-order valence-electron chi connectivity index (χ0n) is 45.3. The summed E-state index contributed by atoms with van der Waals surface area (Å²) in [5, 5.41) is 78.7. The highest BCUT2D eigenvalue weighted by atomic mass is 16.4. The van der Waals surface area contributed by atoms with Crippen LogP contribution in [-0.4, -0.2) is 187 Å². The fraction of sp³-hybridized carbons (Fsp3) is 0.612. The van der Waals surface area contributed by atoms with Gasteiger partial charge < -0.3 is 95.7 Å². The summed E-state index contributed by atoms with van der Waals surface area (Å²) in [5.74, 6) is -16.8. The van der Waals surface area contributed by atoms with E-state index < -0.39 is 181 Å². The molecule has 21 N–H and O–H groups in total. The summed E-state index contributed by atoms with van der Waals surface area (Å²) in [6.45, 7) is 7.51. The number of carboxylic acids is 3. The SMILES string of the molecule is CC[C@H](C)[C@H](NC(=O)[C@H](CO)NC(=O)[C@H](CC(N)=O)NC(=O)[C@@H](NC(=O)[C@H](C)NC(=O)[C@H](Cc1ccc(O)cc1)NC(=O)[C@@H](N)CCC(=O)O)C(C)C)C(=O)N[C@@H](CCCCN)C(=O)N[C@H](C(=O)N[C@@H](CC(=O)O)C(=O)O)[C@@H](C)O. The lowest BCUT2D eigenvalue weighted by Crippen LogP contribution is -2.62. The summed E-state index contributed by atoms with van der Waals surface area (Å²) in [5.41, 5.74) is 17.3. The Balaban J connectivity index is 3.32. The van der Waals surface area contributed by atoms with Crippen LogP contribution in [0.5, 0.6) is 5.75 Å². The summed E-state index contributed by atoms with van der Waals surface area (Å²) in [6, 6.07) is -10.6. The van der Waals surface area contributed by atoms with Gasteiger partial charge in [0.15, 0.2) is 0 Å². The van der Waals surface area contributed by atoms with Crippen LogP contribution in [0.2, 0.25) is 0 Å². The number of nitrogens with two attached hydrogens (primary N) is 3. The molecule has 0 unspecified atom stereocenters. The number of aliphatic carboxylic acids is 3. The van der Waals surface area contributed by atoms with E-state index in [0.29, 0.717) is 12.0 Å². The minimum absolute atomic E-state index is 0.0937. The molecule has 12 atom stereocenters. The quantitative estimate of drug-likeness (QED) is 0.0276. The molecule has 0 aliphatic heterocycles. The predicted molar refractivity (Wildman–Crippen MR) is 279 cm³/mol. The Morgan fingerprint density at radius 2 is 1.02 bits per heavy atom. The highest BCUT2D eigenvalue weighted by molar-refractivity contribution is 5.99. The summed E-state index contributed by atoms with van der Waals surface area (Å²) >= 11 is 0. The van der Waals surface area contributed by atoms with Crippen LogP contribution in [0.3, 0.4) is 0 Å². The molecule has 0 spiro atoms. The second-order valence-corrected chi connectivity index (χ2v) is 19.3. The van der Waals surface area contributed by atoms with Crippen LogP contribution in [0, 0.1) is 11.8 Å². The van der Waals surface area contributed by atoms with E-state index in [2.05, 4.69) is 42.5 Å². The Kier molecular flexibility index (Phi) is 30.4. The van der Waals surface area contributed by atoms with E-state index in [0.717, 1.165) is 6.92 Å². The van der Waals surface area contributed by atoms with Crippen molar-refractivity contribution in [1.29, 1.82) is 0 Å². The number of aliphatic hydroxyl groups excluding tert-OH is 2. The Morgan fingerprint density at radius 1 is 0.537 bits per heavy atom. The van der Waals surface area contributed by atoms with Gasteiger partial charge in [-0.15, -0.1) is 0 Å². The van der Waals surface area contributed by atoms with Crippen molar-refractivity contribution >= 4 is 77.0 Å². The first-order chi connectivity index (χ1) is 37.4. The van der Waals surface area contributed by atoms with Crippen LogP contribution < -0.4 is 65.1 Å². The number of benzene rings is 1. The van der Waals surface area contributed by atoms with Crippen LogP contribution in [0.1, 0.15) is 98.5 Å². The van der Waals surface area contributed by atoms with Gasteiger partial charge in [-0.3, -0.25) is 57.5 Å². The fourth-order valence-electron chi connectivity index (χ4n) is 7.37. The standard InChI is InChI=1S/C49H78N12O19/c1-7-23(4)38(47(77)54-29(10-8-9-17-50)42(72)61-39(25(6)63)48(78)57-32(49(79)80)20-36(68)69)60-45(75)33(21-62)58-44(74)31(19-34(52)65)56-46(76)37(22(2)3)59-40(70)24(5)53-43(73)30(18-26-11-13-27(64)14-12-26)55-41(71)28(51)15-16-35(66)67/h11-14,22-25,28-33,37-39,62-64H,7-10,15-21,50-51H2,1-6H3,(H2,52,65)(H,53,73)(H,54,77)(H,55,71)(H,56,76)(H,57,78)(H,58,74)(H,59,70)(H,60,75)(H,61,72)(H,66,67)(H,68,69)(H,79,80)/t23-,24-,25+,28-,29-,30-,31-,32-,33-,37-,38-,39-/m0/s1. The third kappa shape index (κ3) is 24.7. The predicted octanol–water partition coefficient (Wildman–Crippen LogP) is -5.85. The minimum Gasteiger partial charge on any atom is -0.508 e. The maximum Gasteiger partial charge on any atom is 0.326 e. The molecule has 448 valence electrons. The summed E-state index contributed by atoms with van der Waals surface area (Å²) in [7, 11) is 0. The maximum atomic E-state index is 14.0. The number of aliphatic hydroxyl groups is 2. The number of primary amides is 1. The van der Waals surface area contributed by atoms with Crippen molar-refractivity contribution in [2.24, 2.45) is 29.0 Å². The zero-order valence-corrected chi connectivity index (χ0v) is 45.3. The molecule has 31 nitrogen and oxygen atoms in total. The largest absolute Gasteiger partial charge is 0.508 e. The number of hydrogen-bond acceptors (Lipinski definition) is 18. The molecule has 80 heavy (non-hydrogen) atoms. The molecule has 0 bridgehead atoms. The van der Waals surface area contributed by atoms with E-state index in [1.807, 2.05) is 5.32 Å². The molecule has 0 radical (unpaired) electrons. The van der Waals surface area contributed by atoms with Gasteiger partial charge in [0.05, 0.1) is 31.6 Å². The van der Waals surface area contributed by atoms with E-state index in [9.17, 15) is 82.8 Å². The number of phenolic OH excluding ortho intramolecular Hbond substituents is 1. The monoisotopic (exact) mass is 1140 g/mol. The summed E-state index contributed by atoms with van der Waals surface area (Å²) in [4.78, 5) is 168. The van der Waals surface area contributed by atoms with E-state index >= 15 is 0 Å². The molecule has 0 saturated carbocycles. The van der Waals surface area contributed by atoms with Gasteiger partial charge in [0.25, 0.3) is 0 Å². The number of rotatable bonds is 37. The van der Waals surface area contributed by atoms with Gasteiger partial charge in [-0.2, -0.15) is 0 Å². The molecular weight excluding hydrogens is 1060 g/mol. The molecular formula is C49H78N12O19. The highest BCUT2D eigenvalue weighted by Crippen LogP contribution is 2.14. The Labute approximate surface area is 460 Å². The first kappa shape index (κ1) is 70.0. The fourth-order valence-corrected chi connectivity index (χ4v) is 7.37. The third-order valence-corrected chi connectivity index (χ3v) is 12.3. The number of aromatic hydroxyl groups is 1. The Bertz CT molecular complexity index is 2340. The van der Waals surface area contributed by atoms with Crippen molar-refractivity contribution in [2.45, 2.75) is 166 Å². The van der Waals surface area contributed by atoms with Gasteiger partial charge in [-0.05, 0) is 75.6 Å². The number of carboxylic acid groups (broad SMARTS) is 3. The molecule has 0 aromatic heterocycles. The average Bonchev–Trinajstić information content (AvgIpc) is 3.37. The van der Waals surface area contributed by atoms with E-state index in [4.69, 9.17) is 27.4 Å². The number of carbonyl (C=O) groups excluding carboxylic acids is 10. The number of hydrogen-bond donors (Lipinski definition) is 18. The van der Waals surface area contributed by atoms with Gasteiger partial charge in [0.1, 0.15) is 60.1 Å². The lowest BCUT2D eigenvalue weighted by atomic mass is 9.97. The first-order valence-electron chi connectivity index (χ1n) is 25.6. The van der Waals surface area contributed by atoms with Gasteiger partial charge in [0.2, 0.25) is 59.1 Å². The first-order valence-corrected chi connectivity index (χ1v) is 25.6. The van der Waals surface area contributed by atoms with Crippen LogP contribution in [0.4, 0.5) is 0 Å². The number of phenols is 1. The lowest BCUT2D eigenvalue weighted by Gasteiger charge is -2.30. The number of carbonyl (C=O) groups is 13. The lowest BCUT2D eigenvalue weighted by molar-refractivity contribution is -0.148. The van der Waals surface area contributed by atoms with Gasteiger partial charge in [-0.1, -0.05) is 46.2 Å².